The van der Waals surface area contributed by atoms with Crippen molar-refractivity contribution in [1.82, 2.24) is 0 Å². The molecule has 1 aliphatic rings. The van der Waals surface area contributed by atoms with Gasteiger partial charge in [0.2, 0.25) is 0 Å². The molecule has 1 saturated carbocycles. The molecule has 1 heteroatoms. The molecule has 0 heterocycles. The van der Waals surface area contributed by atoms with Crippen molar-refractivity contribution >= 4 is 5.78 Å². The summed E-state index contributed by atoms with van der Waals surface area (Å²) in [6.45, 7) is 2.25. The van der Waals surface area contributed by atoms with Crippen molar-refractivity contribution in [1.29, 1.82) is 0 Å². The first-order valence-electron chi connectivity index (χ1n) is 7.37. The van der Waals surface area contributed by atoms with E-state index in [0.29, 0.717) is 11.7 Å². The second-order valence-electron chi connectivity index (χ2n) is 5.32. The van der Waals surface area contributed by atoms with Gasteiger partial charge in [-0.25, -0.2) is 0 Å². The summed E-state index contributed by atoms with van der Waals surface area (Å²) in [5.74, 6) is 1.01. The van der Waals surface area contributed by atoms with E-state index in [0.717, 1.165) is 12.8 Å². The zero-order valence-electron chi connectivity index (χ0n) is 11.0. The van der Waals surface area contributed by atoms with E-state index in [-0.39, 0.29) is 0 Å². The predicted octanol–water partition coefficient (Wildman–Crippen LogP) is 4.89. The van der Waals surface area contributed by atoms with Gasteiger partial charge < -0.3 is 0 Å². The van der Waals surface area contributed by atoms with Gasteiger partial charge in [-0.1, -0.05) is 58.3 Å². The molecule has 0 N–H and O–H groups in total. The van der Waals surface area contributed by atoms with Crippen LogP contribution in [0.4, 0.5) is 0 Å². The summed E-state index contributed by atoms with van der Waals surface area (Å²) in [6.07, 6.45) is 15.0. The Morgan fingerprint density at radius 3 is 2.12 bits per heavy atom. The van der Waals surface area contributed by atoms with Crippen molar-refractivity contribution in [2.45, 2.75) is 84.0 Å². The summed E-state index contributed by atoms with van der Waals surface area (Å²) >= 11 is 0. The van der Waals surface area contributed by atoms with Crippen molar-refractivity contribution in [2.24, 2.45) is 5.92 Å². The Bertz CT molecular complexity index is 180. The lowest BCUT2D eigenvalue weighted by molar-refractivity contribution is -0.122. The van der Waals surface area contributed by atoms with Crippen LogP contribution in [0, 0.1) is 5.92 Å². The van der Waals surface area contributed by atoms with E-state index in [1.54, 1.807) is 0 Å². The minimum Gasteiger partial charge on any atom is -0.299 e. The maximum atomic E-state index is 11.8. The van der Waals surface area contributed by atoms with Gasteiger partial charge in [0.25, 0.3) is 0 Å². The average molecular weight is 224 g/mol. The molecule has 16 heavy (non-hydrogen) atoms. The molecule has 94 valence electrons. The van der Waals surface area contributed by atoms with Crippen LogP contribution in [-0.2, 0) is 4.79 Å². The first kappa shape index (κ1) is 13.7. The minimum absolute atomic E-state index is 0.445. The van der Waals surface area contributed by atoms with Crippen LogP contribution in [0.5, 0.6) is 0 Å². The molecular formula is C15H28O. The fourth-order valence-corrected chi connectivity index (χ4v) is 2.71. The molecule has 0 radical (unpaired) electrons. The number of hydrogen-bond donors (Lipinski definition) is 0. The number of rotatable bonds is 9. The number of Topliss-reactive ketones (excluding diaryl/α,β-unsaturated/α-hetero) is 1. The highest BCUT2D eigenvalue weighted by Crippen LogP contribution is 2.27. The maximum absolute atomic E-state index is 11.8. The molecular weight excluding hydrogens is 196 g/mol. The highest BCUT2D eigenvalue weighted by atomic mass is 16.1. The molecule has 1 nitrogen and oxygen atoms in total. The van der Waals surface area contributed by atoms with Crippen LogP contribution in [0.1, 0.15) is 84.0 Å². The topological polar surface area (TPSA) is 17.1 Å². The summed E-state index contributed by atoms with van der Waals surface area (Å²) in [5.41, 5.74) is 0. The van der Waals surface area contributed by atoms with Gasteiger partial charge in [0, 0.05) is 12.3 Å². The van der Waals surface area contributed by atoms with Crippen LogP contribution in [0.2, 0.25) is 0 Å². The van der Waals surface area contributed by atoms with Crippen molar-refractivity contribution < 1.29 is 4.79 Å². The zero-order valence-corrected chi connectivity index (χ0v) is 11.0. The van der Waals surface area contributed by atoms with E-state index >= 15 is 0 Å². The van der Waals surface area contributed by atoms with Gasteiger partial charge in [0.05, 0.1) is 0 Å². The van der Waals surface area contributed by atoms with Crippen molar-refractivity contribution in [3.63, 3.8) is 0 Å². The number of carbonyl (C=O) groups excluding carboxylic acids is 1. The summed E-state index contributed by atoms with van der Waals surface area (Å²) in [7, 11) is 0. The van der Waals surface area contributed by atoms with Gasteiger partial charge in [-0.15, -0.1) is 0 Å². The standard InChI is InChI=1S/C15H28O/c1-2-3-4-5-6-7-8-13-15(16)14-11-9-10-12-14/h14H,2-13H2,1H3. The van der Waals surface area contributed by atoms with E-state index in [9.17, 15) is 4.79 Å². The largest absolute Gasteiger partial charge is 0.299 e. The van der Waals surface area contributed by atoms with Crippen LogP contribution in [0.3, 0.4) is 0 Å². The number of unbranched alkanes of at least 4 members (excludes halogenated alkanes) is 6. The molecule has 1 rings (SSSR count). The zero-order chi connectivity index (χ0) is 11.6. The molecule has 0 atom stereocenters. The predicted molar refractivity (Wildman–Crippen MR) is 69.6 cm³/mol. The van der Waals surface area contributed by atoms with Gasteiger partial charge in [0.15, 0.2) is 0 Å². The summed E-state index contributed by atoms with van der Waals surface area (Å²) in [6, 6.07) is 0. The summed E-state index contributed by atoms with van der Waals surface area (Å²) in [4.78, 5) is 11.8. The molecule has 0 aromatic carbocycles. The van der Waals surface area contributed by atoms with Crippen LogP contribution in [-0.4, -0.2) is 5.78 Å². The highest BCUT2D eigenvalue weighted by Gasteiger charge is 2.21. The number of hydrogen-bond acceptors (Lipinski definition) is 1. The second-order valence-corrected chi connectivity index (χ2v) is 5.32. The van der Waals surface area contributed by atoms with E-state index in [1.165, 1.54) is 64.2 Å². The van der Waals surface area contributed by atoms with E-state index < -0.39 is 0 Å². The monoisotopic (exact) mass is 224 g/mol. The molecule has 0 spiro atoms. The normalized spacial score (nSPS) is 16.8. The minimum atomic E-state index is 0.445. The van der Waals surface area contributed by atoms with Gasteiger partial charge in [-0.2, -0.15) is 0 Å². The molecule has 0 unspecified atom stereocenters. The highest BCUT2D eigenvalue weighted by molar-refractivity contribution is 5.81. The molecule has 1 fully saturated rings. The van der Waals surface area contributed by atoms with Gasteiger partial charge >= 0.3 is 0 Å². The van der Waals surface area contributed by atoms with E-state index in [1.807, 2.05) is 0 Å². The Balaban J connectivity index is 1.88. The third kappa shape index (κ3) is 5.67. The third-order valence-electron chi connectivity index (χ3n) is 3.84. The maximum Gasteiger partial charge on any atom is 0.135 e. The van der Waals surface area contributed by atoms with Crippen LogP contribution in [0.15, 0.2) is 0 Å². The fourth-order valence-electron chi connectivity index (χ4n) is 2.71. The average Bonchev–Trinajstić information content (AvgIpc) is 2.81. The summed E-state index contributed by atoms with van der Waals surface area (Å²) < 4.78 is 0. The lowest BCUT2D eigenvalue weighted by atomic mass is 9.97. The molecule has 0 aromatic rings. The number of carbonyl (C=O) groups is 1. The van der Waals surface area contributed by atoms with Gasteiger partial charge in [-0.3, -0.25) is 4.79 Å². The van der Waals surface area contributed by atoms with E-state index in [2.05, 4.69) is 6.92 Å². The number of ketones is 1. The van der Waals surface area contributed by atoms with Crippen LogP contribution >= 0.6 is 0 Å². The second kappa shape index (κ2) is 8.78. The Hall–Kier alpha value is -0.330. The SMILES string of the molecule is CCCCCCCCCC(=O)C1CCCC1. The molecule has 0 aliphatic heterocycles. The van der Waals surface area contributed by atoms with Crippen LogP contribution in [0.25, 0.3) is 0 Å². The quantitative estimate of drug-likeness (QED) is 0.510. The molecule has 1 aliphatic carbocycles. The third-order valence-corrected chi connectivity index (χ3v) is 3.84. The Morgan fingerprint density at radius 1 is 0.938 bits per heavy atom. The fraction of sp³-hybridized carbons (Fsp3) is 0.933. The molecule has 0 amide bonds. The molecule has 0 aromatic heterocycles. The first-order chi connectivity index (χ1) is 7.84. The Morgan fingerprint density at radius 2 is 1.50 bits per heavy atom. The Labute approximate surface area is 101 Å². The smallest absolute Gasteiger partial charge is 0.135 e. The van der Waals surface area contributed by atoms with Crippen molar-refractivity contribution in [3.8, 4) is 0 Å². The lowest BCUT2D eigenvalue weighted by Gasteiger charge is -2.07. The van der Waals surface area contributed by atoms with Gasteiger partial charge in [0.1, 0.15) is 5.78 Å². The molecule has 0 bridgehead atoms. The summed E-state index contributed by atoms with van der Waals surface area (Å²) in [5, 5.41) is 0. The molecule has 0 saturated heterocycles. The lowest BCUT2D eigenvalue weighted by Crippen LogP contribution is -2.09. The van der Waals surface area contributed by atoms with Crippen LogP contribution < -0.4 is 0 Å². The first-order valence-corrected chi connectivity index (χ1v) is 7.37. The van der Waals surface area contributed by atoms with Crippen molar-refractivity contribution in [3.05, 3.63) is 0 Å². The van der Waals surface area contributed by atoms with Crippen molar-refractivity contribution in [2.75, 3.05) is 0 Å². The van der Waals surface area contributed by atoms with Gasteiger partial charge in [-0.05, 0) is 19.3 Å². The Kier molecular flexibility index (Phi) is 7.54. The van der Waals surface area contributed by atoms with E-state index in [4.69, 9.17) is 0 Å².